The molecular formula is C10H11ClN6O. The van der Waals surface area contributed by atoms with Gasteiger partial charge in [0.15, 0.2) is 5.75 Å². The van der Waals surface area contributed by atoms with Gasteiger partial charge in [-0.15, -0.1) is 0 Å². The average Bonchev–Trinajstić information content (AvgIpc) is 2.28. The number of ether oxygens (including phenoxy) is 1. The van der Waals surface area contributed by atoms with Gasteiger partial charge in [0.25, 0.3) is 0 Å². The summed E-state index contributed by atoms with van der Waals surface area (Å²) in [6.45, 7) is 0. The van der Waals surface area contributed by atoms with E-state index < -0.39 is 0 Å². The molecule has 0 aliphatic carbocycles. The number of rotatable bonds is 3. The summed E-state index contributed by atoms with van der Waals surface area (Å²) in [5.41, 5.74) is 5.57. The van der Waals surface area contributed by atoms with E-state index in [2.05, 4.69) is 19.9 Å². The van der Waals surface area contributed by atoms with Gasteiger partial charge < -0.3 is 15.4 Å². The third-order valence-corrected chi connectivity index (χ3v) is 2.12. The second kappa shape index (κ2) is 5.01. The summed E-state index contributed by atoms with van der Waals surface area (Å²) in [7, 11) is 3.58. The summed E-state index contributed by atoms with van der Waals surface area (Å²) < 4.78 is 5.42. The van der Waals surface area contributed by atoms with Gasteiger partial charge in [0.2, 0.25) is 11.9 Å². The Morgan fingerprint density at radius 3 is 2.67 bits per heavy atom. The van der Waals surface area contributed by atoms with Gasteiger partial charge in [-0.2, -0.15) is 15.0 Å². The number of nitrogens with zero attached hydrogens (tertiary/aromatic N) is 5. The number of pyridine rings is 1. The molecule has 0 aromatic carbocycles. The molecule has 0 amide bonds. The maximum atomic E-state index is 5.80. The molecule has 2 heterocycles. The Balaban J connectivity index is 2.29. The minimum atomic E-state index is 0.0821. The van der Waals surface area contributed by atoms with E-state index >= 15 is 0 Å². The van der Waals surface area contributed by atoms with Gasteiger partial charge in [-0.05, 0) is 0 Å². The molecule has 94 valence electrons. The highest BCUT2D eigenvalue weighted by atomic mass is 35.5. The number of aromatic nitrogens is 4. The molecule has 18 heavy (non-hydrogen) atoms. The first-order valence-electron chi connectivity index (χ1n) is 5.02. The number of hydrogen-bond acceptors (Lipinski definition) is 7. The zero-order chi connectivity index (χ0) is 13.1. The Morgan fingerprint density at radius 2 is 2.00 bits per heavy atom. The van der Waals surface area contributed by atoms with Crippen molar-refractivity contribution < 1.29 is 4.74 Å². The first-order valence-corrected chi connectivity index (χ1v) is 5.39. The first kappa shape index (κ1) is 12.3. The summed E-state index contributed by atoms with van der Waals surface area (Å²) in [5, 5.41) is 0.461. The molecule has 7 nitrogen and oxygen atoms in total. The van der Waals surface area contributed by atoms with E-state index in [4.69, 9.17) is 22.1 Å². The molecule has 0 saturated carbocycles. The van der Waals surface area contributed by atoms with Crippen LogP contribution in [0.3, 0.4) is 0 Å². The van der Waals surface area contributed by atoms with Crippen LogP contribution in [-0.4, -0.2) is 34.0 Å². The minimum absolute atomic E-state index is 0.0821. The van der Waals surface area contributed by atoms with Crippen molar-refractivity contribution in [3.05, 3.63) is 23.5 Å². The second-order valence-corrected chi connectivity index (χ2v) is 4.05. The van der Waals surface area contributed by atoms with Gasteiger partial charge in [-0.1, -0.05) is 11.6 Å². The van der Waals surface area contributed by atoms with E-state index in [0.717, 1.165) is 0 Å². The van der Waals surface area contributed by atoms with E-state index in [1.807, 2.05) is 0 Å². The predicted molar refractivity (Wildman–Crippen MR) is 67.9 cm³/mol. The van der Waals surface area contributed by atoms with E-state index in [1.54, 1.807) is 25.1 Å². The number of nitrogens with two attached hydrogens (primary N) is 1. The molecule has 0 spiro atoms. The van der Waals surface area contributed by atoms with Crippen molar-refractivity contribution in [2.45, 2.75) is 0 Å². The number of halogens is 1. The standard InChI is InChI=1S/C10H11ClN6O/c1-17(2)9-14-8(12)15-10(16-9)18-7-3-6(11)4-13-5-7/h3-5H,1-2H3,(H2,12,14,15,16). The lowest BCUT2D eigenvalue weighted by atomic mass is 10.5. The largest absolute Gasteiger partial charge is 0.422 e. The van der Waals surface area contributed by atoms with Crippen LogP contribution < -0.4 is 15.4 Å². The number of hydrogen-bond donors (Lipinski definition) is 1. The number of anilines is 2. The molecule has 2 N–H and O–H groups in total. The topological polar surface area (TPSA) is 90.1 Å². The smallest absolute Gasteiger partial charge is 0.328 e. The normalized spacial score (nSPS) is 10.2. The molecule has 2 aromatic heterocycles. The molecule has 0 aliphatic heterocycles. The van der Waals surface area contributed by atoms with Crippen molar-refractivity contribution in [2.24, 2.45) is 0 Å². The van der Waals surface area contributed by atoms with Crippen molar-refractivity contribution in [1.29, 1.82) is 0 Å². The van der Waals surface area contributed by atoms with Crippen LogP contribution in [0.4, 0.5) is 11.9 Å². The lowest BCUT2D eigenvalue weighted by Crippen LogP contribution is -2.15. The Morgan fingerprint density at radius 1 is 1.22 bits per heavy atom. The lowest BCUT2D eigenvalue weighted by molar-refractivity contribution is 0.439. The zero-order valence-electron chi connectivity index (χ0n) is 9.83. The molecular weight excluding hydrogens is 256 g/mol. The summed E-state index contributed by atoms with van der Waals surface area (Å²) in [6.07, 6.45) is 3.00. The monoisotopic (exact) mass is 266 g/mol. The summed E-state index contributed by atoms with van der Waals surface area (Å²) >= 11 is 5.80. The van der Waals surface area contributed by atoms with Crippen LogP contribution in [0.1, 0.15) is 0 Å². The molecule has 0 fully saturated rings. The lowest BCUT2D eigenvalue weighted by Gasteiger charge is -2.11. The third-order valence-electron chi connectivity index (χ3n) is 1.91. The fourth-order valence-electron chi connectivity index (χ4n) is 1.16. The van der Waals surface area contributed by atoms with Crippen LogP contribution in [0.15, 0.2) is 18.5 Å². The van der Waals surface area contributed by atoms with E-state index in [-0.39, 0.29) is 12.0 Å². The van der Waals surface area contributed by atoms with Crippen molar-refractivity contribution in [3.63, 3.8) is 0 Å². The van der Waals surface area contributed by atoms with Gasteiger partial charge in [-0.3, -0.25) is 4.98 Å². The summed E-state index contributed by atoms with van der Waals surface area (Å²) in [4.78, 5) is 17.5. The molecule has 0 bridgehead atoms. The van der Waals surface area contributed by atoms with Crippen LogP contribution in [-0.2, 0) is 0 Å². The highest BCUT2D eigenvalue weighted by molar-refractivity contribution is 6.30. The molecule has 0 radical (unpaired) electrons. The van der Waals surface area contributed by atoms with Gasteiger partial charge in [-0.25, -0.2) is 0 Å². The van der Waals surface area contributed by atoms with Crippen LogP contribution in [0.5, 0.6) is 11.8 Å². The molecule has 2 aromatic rings. The Bertz CT molecular complexity index is 562. The fourth-order valence-corrected chi connectivity index (χ4v) is 1.32. The molecule has 0 unspecified atom stereocenters. The highest BCUT2D eigenvalue weighted by Gasteiger charge is 2.08. The fraction of sp³-hybridized carbons (Fsp3) is 0.200. The van der Waals surface area contributed by atoms with Gasteiger partial charge in [0.05, 0.1) is 11.2 Å². The average molecular weight is 267 g/mol. The maximum Gasteiger partial charge on any atom is 0.328 e. The Kier molecular flexibility index (Phi) is 3.42. The van der Waals surface area contributed by atoms with Crippen LogP contribution in [0.2, 0.25) is 5.02 Å². The number of nitrogen functional groups attached to an aromatic ring is 1. The van der Waals surface area contributed by atoms with Gasteiger partial charge in [0, 0.05) is 26.4 Å². The SMILES string of the molecule is CN(C)c1nc(N)nc(Oc2cncc(Cl)c2)n1. The summed E-state index contributed by atoms with van der Waals surface area (Å²) in [6, 6.07) is 1.69. The quantitative estimate of drug-likeness (QED) is 0.897. The Hall–Kier alpha value is -2.15. The zero-order valence-corrected chi connectivity index (χ0v) is 10.6. The minimum Gasteiger partial charge on any atom is -0.422 e. The van der Waals surface area contributed by atoms with Crippen LogP contribution in [0.25, 0.3) is 0 Å². The molecule has 0 atom stereocenters. The van der Waals surface area contributed by atoms with Crippen molar-refractivity contribution >= 4 is 23.5 Å². The highest BCUT2D eigenvalue weighted by Crippen LogP contribution is 2.21. The van der Waals surface area contributed by atoms with E-state index in [9.17, 15) is 0 Å². The van der Waals surface area contributed by atoms with Gasteiger partial charge >= 0.3 is 6.01 Å². The predicted octanol–water partition coefficient (Wildman–Crippen LogP) is 1.36. The molecule has 0 saturated heterocycles. The van der Waals surface area contributed by atoms with Gasteiger partial charge in [0.1, 0.15) is 0 Å². The van der Waals surface area contributed by atoms with Crippen molar-refractivity contribution in [3.8, 4) is 11.8 Å². The molecule has 2 rings (SSSR count). The van der Waals surface area contributed by atoms with E-state index in [1.165, 1.54) is 12.4 Å². The Labute approximate surface area is 109 Å². The molecule has 0 aliphatic rings. The van der Waals surface area contributed by atoms with Crippen LogP contribution in [0, 0.1) is 0 Å². The maximum absolute atomic E-state index is 5.80. The molecule has 8 heteroatoms. The van der Waals surface area contributed by atoms with Crippen molar-refractivity contribution in [1.82, 2.24) is 19.9 Å². The summed E-state index contributed by atoms with van der Waals surface area (Å²) in [5.74, 6) is 0.920. The second-order valence-electron chi connectivity index (χ2n) is 3.61. The van der Waals surface area contributed by atoms with Crippen molar-refractivity contribution in [2.75, 3.05) is 24.7 Å². The first-order chi connectivity index (χ1) is 8.54. The van der Waals surface area contributed by atoms with E-state index in [0.29, 0.717) is 16.7 Å². The van der Waals surface area contributed by atoms with Crippen LogP contribution >= 0.6 is 11.6 Å². The third kappa shape index (κ3) is 2.95.